The fourth-order valence-corrected chi connectivity index (χ4v) is 5.28. The molecule has 0 radical (unpaired) electrons. The quantitative estimate of drug-likeness (QED) is 0.0520. The van der Waals surface area contributed by atoms with Gasteiger partial charge in [0.15, 0.2) is 6.10 Å². The van der Waals surface area contributed by atoms with Gasteiger partial charge in [-0.25, -0.2) is 9.59 Å². The van der Waals surface area contributed by atoms with E-state index in [0.717, 1.165) is 0 Å². The van der Waals surface area contributed by atoms with E-state index in [9.17, 15) is 54.0 Å². The summed E-state index contributed by atoms with van der Waals surface area (Å²) in [6.07, 6.45) is -4.69. The number of carbonyl (C=O) groups is 7. The van der Waals surface area contributed by atoms with Crippen LogP contribution in [0.3, 0.4) is 0 Å². The third-order valence-corrected chi connectivity index (χ3v) is 7.97. The van der Waals surface area contributed by atoms with Crippen molar-refractivity contribution in [3.8, 4) is 0 Å². The Bertz CT molecular complexity index is 1400. The molecular formula is C33H50N6O13. The second-order valence-electron chi connectivity index (χ2n) is 12.9. The van der Waals surface area contributed by atoms with Crippen LogP contribution >= 0.6 is 0 Å². The summed E-state index contributed by atoms with van der Waals surface area (Å²) in [6, 6.07) is 5.16. The highest BCUT2D eigenvalue weighted by molar-refractivity contribution is 5.94. The molecule has 1 unspecified atom stereocenters. The molecule has 7 atom stereocenters. The lowest BCUT2D eigenvalue weighted by Crippen LogP contribution is -2.55. The Morgan fingerprint density at radius 3 is 2.00 bits per heavy atom. The molecule has 0 saturated carbocycles. The van der Waals surface area contributed by atoms with Gasteiger partial charge in [0, 0.05) is 13.3 Å². The predicted octanol–water partition coefficient (Wildman–Crippen LogP) is -3.28. The molecule has 19 nitrogen and oxygen atoms in total. The standard InChI is InChI=1S/C33H50N6O13/c1-18(2)13-23(31(47)48)39-30(46)22(14-20-9-5-4-6-10-20)38-25(42)16-36-29(45)21(37-24(41)15-35-19(3)40)11-7-8-12-34-17-33(51)28(44)26(43)27(52-33)32(49)50/h4-6,9-10,18,21-23,26-28,34,43-44,51H,7-8,11-17H2,1-3H3,(H,35,40)(H,36,45)(H,37,41)(H,38,42)(H,39,46)(H,47,48)(H,49,50)/t21-,22-,23-,26+,27-,28-,33?/m0/s1. The van der Waals surface area contributed by atoms with E-state index in [1.165, 1.54) is 6.92 Å². The molecule has 0 spiro atoms. The number of aliphatic hydroxyl groups is 3. The van der Waals surface area contributed by atoms with Crippen molar-refractivity contribution in [1.82, 2.24) is 31.9 Å². The number of ether oxygens (including phenoxy) is 1. The smallest absolute Gasteiger partial charge is 0.335 e. The zero-order chi connectivity index (χ0) is 39.0. The average Bonchev–Trinajstić information content (AvgIpc) is 3.31. The number of rotatable bonds is 22. The Morgan fingerprint density at radius 2 is 1.44 bits per heavy atom. The molecule has 1 aliphatic heterocycles. The number of nitrogens with one attached hydrogen (secondary N) is 6. The molecule has 0 aliphatic carbocycles. The number of hydrogen-bond acceptors (Lipinski definition) is 12. The van der Waals surface area contributed by atoms with E-state index >= 15 is 0 Å². The summed E-state index contributed by atoms with van der Waals surface area (Å²) in [5.41, 5.74) is 0.683. The van der Waals surface area contributed by atoms with Crippen molar-refractivity contribution in [2.75, 3.05) is 26.2 Å². The van der Waals surface area contributed by atoms with Crippen molar-refractivity contribution in [3.05, 3.63) is 35.9 Å². The van der Waals surface area contributed by atoms with Gasteiger partial charge in [-0.1, -0.05) is 44.2 Å². The normalized spacial score (nSPS) is 21.3. The van der Waals surface area contributed by atoms with Crippen LogP contribution in [-0.4, -0.2) is 135 Å². The first-order chi connectivity index (χ1) is 24.4. The molecule has 5 amide bonds. The molecule has 19 heteroatoms. The van der Waals surface area contributed by atoms with Gasteiger partial charge in [-0.15, -0.1) is 0 Å². The van der Waals surface area contributed by atoms with Gasteiger partial charge >= 0.3 is 11.9 Å². The van der Waals surface area contributed by atoms with Crippen LogP contribution < -0.4 is 31.9 Å². The van der Waals surface area contributed by atoms with Crippen molar-refractivity contribution in [3.63, 3.8) is 0 Å². The van der Waals surface area contributed by atoms with Gasteiger partial charge in [0.05, 0.1) is 19.6 Å². The fourth-order valence-electron chi connectivity index (χ4n) is 5.28. The number of benzene rings is 1. The first-order valence-corrected chi connectivity index (χ1v) is 16.8. The van der Waals surface area contributed by atoms with Crippen molar-refractivity contribution >= 4 is 41.5 Å². The SMILES string of the molecule is CC(=O)NCC(=O)N[C@@H](CCCCNCC1(O)O[C@H](C(=O)O)[C@@H](O)[C@@H]1O)C(=O)NCC(=O)N[C@@H](Cc1ccccc1)C(=O)N[C@@H](CC(C)C)C(=O)O. The van der Waals surface area contributed by atoms with E-state index in [4.69, 9.17) is 9.84 Å². The first kappa shape index (κ1) is 43.5. The van der Waals surface area contributed by atoms with Crippen LogP contribution in [0.25, 0.3) is 0 Å². The van der Waals surface area contributed by atoms with Crippen LogP contribution in [-0.2, 0) is 44.7 Å². The molecular weight excluding hydrogens is 688 g/mol. The lowest BCUT2D eigenvalue weighted by molar-refractivity contribution is -0.226. The zero-order valence-corrected chi connectivity index (χ0v) is 29.3. The van der Waals surface area contributed by atoms with Gasteiger partial charge < -0.3 is 62.2 Å². The Labute approximate surface area is 300 Å². The number of amides is 5. The van der Waals surface area contributed by atoms with Crippen molar-refractivity contribution < 1.29 is 63.8 Å². The Balaban J connectivity index is 2.00. The minimum Gasteiger partial charge on any atom is -0.480 e. The van der Waals surface area contributed by atoms with E-state index in [1.54, 1.807) is 44.2 Å². The second-order valence-corrected chi connectivity index (χ2v) is 12.9. The van der Waals surface area contributed by atoms with Crippen LogP contribution in [0.1, 0.15) is 52.0 Å². The molecule has 1 fully saturated rings. The van der Waals surface area contributed by atoms with Crippen LogP contribution in [0.2, 0.25) is 0 Å². The number of carboxylic acids is 2. The molecule has 52 heavy (non-hydrogen) atoms. The molecule has 1 aliphatic rings. The first-order valence-electron chi connectivity index (χ1n) is 16.8. The molecule has 1 heterocycles. The zero-order valence-electron chi connectivity index (χ0n) is 29.3. The van der Waals surface area contributed by atoms with E-state index in [0.29, 0.717) is 18.4 Å². The topological polar surface area (TPSA) is 302 Å². The van der Waals surface area contributed by atoms with Gasteiger partial charge in [-0.3, -0.25) is 24.0 Å². The van der Waals surface area contributed by atoms with E-state index in [-0.39, 0.29) is 31.7 Å². The Morgan fingerprint density at radius 1 is 0.827 bits per heavy atom. The summed E-state index contributed by atoms with van der Waals surface area (Å²) in [5, 5.41) is 64.0. The number of carboxylic acid groups (broad SMARTS) is 2. The summed E-state index contributed by atoms with van der Waals surface area (Å²) in [6.45, 7) is 3.53. The van der Waals surface area contributed by atoms with Crippen LogP contribution in [0.15, 0.2) is 30.3 Å². The lowest BCUT2D eigenvalue weighted by Gasteiger charge is -2.26. The molecule has 11 N–H and O–H groups in total. The van der Waals surface area contributed by atoms with Gasteiger partial charge in [0.25, 0.3) is 0 Å². The van der Waals surface area contributed by atoms with Crippen molar-refractivity contribution in [1.29, 1.82) is 0 Å². The second kappa shape index (κ2) is 21.0. The molecule has 0 aromatic heterocycles. The summed E-state index contributed by atoms with van der Waals surface area (Å²) in [5.74, 6) is -8.61. The number of aliphatic carboxylic acids is 2. The summed E-state index contributed by atoms with van der Waals surface area (Å²) in [4.78, 5) is 85.9. The highest BCUT2D eigenvalue weighted by Crippen LogP contribution is 2.29. The third-order valence-electron chi connectivity index (χ3n) is 7.97. The van der Waals surface area contributed by atoms with Gasteiger partial charge in [0.1, 0.15) is 30.3 Å². The molecule has 1 aromatic rings. The Kier molecular flexibility index (Phi) is 17.5. The minimum atomic E-state index is -2.37. The van der Waals surface area contributed by atoms with E-state index in [1.807, 2.05) is 0 Å². The molecule has 0 bridgehead atoms. The molecule has 1 saturated heterocycles. The highest BCUT2D eigenvalue weighted by atomic mass is 16.7. The lowest BCUT2D eigenvalue weighted by atomic mass is 10.0. The fraction of sp³-hybridized carbons (Fsp3) is 0.606. The highest BCUT2D eigenvalue weighted by Gasteiger charge is 2.55. The maximum Gasteiger partial charge on any atom is 0.335 e. The minimum absolute atomic E-state index is 0.0272. The van der Waals surface area contributed by atoms with E-state index in [2.05, 4.69) is 31.9 Å². The third kappa shape index (κ3) is 14.5. The summed E-state index contributed by atoms with van der Waals surface area (Å²) >= 11 is 0. The summed E-state index contributed by atoms with van der Waals surface area (Å²) in [7, 11) is 0. The maximum absolute atomic E-state index is 13.2. The van der Waals surface area contributed by atoms with Gasteiger partial charge in [-0.2, -0.15) is 0 Å². The van der Waals surface area contributed by atoms with Crippen LogP contribution in [0, 0.1) is 5.92 Å². The van der Waals surface area contributed by atoms with Crippen LogP contribution in [0.4, 0.5) is 0 Å². The van der Waals surface area contributed by atoms with Gasteiger partial charge in [0.2, 0.25) is 35.3 Å². The Hall–Kier alpha value is -4.69. The van der Waals surface area contributed by atoms with Crippen molar-refractivity contribution in [2.45, 2.75) is 95.1 Å². The van der Waals surface area contributed by atoms with Crippen molar-refractivity contribution in [2.24, 2.45) is 5.92 Å². The predicted molar refractivity (Wildman–Crippen MR) is 181 cm³/mol. The summed E-state index contributed by atoms with van der Waals surface area (Å²) < 4.78 is 4.93. The maximum atomic E-state index is 13.2. The number of carbonyl (C=O) groups excluding carboxylic acids is 5. The number of hydrogen-bond donors (Lipinski definition) is 11. The molecule has 1 aromatic carbocycles. The van der Waals surface area contributed by atoms with E-state index < -0.39 is 103 Å². The number of aliphatic hydroxyl groups excluding tert-OH is 2. The average molecular weight is 739 g/mol. The molecule has 2 rings (SSSR count). The molecule has 290 valence electrons. The van der Waals surface area contributed by atoms with Crippen LogP contribution in [0.5, 0.6) is 0 Å². The van der Waals surface area contributed by atoms with Gasteiger partial charge in [-0.05, 0) is 43.7 Å². The largest absolute Gasteiger partial charge is 0.480 e. The monoisotopic (exact) mass is 738 g/mol. The number of unbranched alkanes of at least 4 members (excludes halogenated alkanes) is 1.